The van der Waals surface area contributed by atoms with Crippen LogP contribution in [-0.4, -0.2) is 31.8 Å². The van der Waals surface area contributed by atoms with E-state index in [1.165, 1.54) is 42.2 Å². The smallest absolute Gasteiger partial charge is 0.255 e. The zero-order valence-electron chi connectivity index (χ0n) is 19.5. The van der Waals surface area contributed by atoms with Crippen molar-refractivity contribution in [1.82, 2.24) is 0 Å². The number of nitrogens with one attached hydrogen (secondary N) is 2. The summed E-state index contributed by atoms with van der Waals surface area (Å²) in [5.74, 6) is 0.772. The number of aryl methyl sites for hydroxylation is 1. The highest BCUT2D eigenvalue weighted by molar-refractivity contribution is 8.00. The monoisotopic (exact) mass is 507 g/mol. The molecule has 2 aromatic carbocycles. The van der Waals surface area contributed by atoms with Gasteiger partial charge in [0.15, 0.2) is 11.5 Å². The zero-order valence-corrected chi connectivity index (χ0v) is 21.1. The molecule has 7 nitrogen and oxygen atoms in total. The Labute approximate surface area is 212 Å². The quantitative estimate of drug-likeness (QED) is 0.391. The molecule has 2 N–H and O–H groups in total. The van der Waals surface area contributed by atoms with Gasteiger partial charge in [0.1, 0.15) is 11.1 Å². The Morgan fingerprint density at radius 3 is 2.63 bits per heavy atom. The maximum absolute atomic E-state index is 12.7. The molecule has 0 fully saturated rings. The number of thiophene rings is 1. The molecule has 3 aromatic rings. The third-order valence-electron chi connectivity index (χ3n) is 5.64. The Bertz CT molecular complexity index is 1300. The van der Waals surface area contributed by atoms with Crippen molar-refractivity contribution in [1.29, 1.82) is 5.26 Å². The molecule has 0 bridgehead atoms. The molecule has 0 spiro atoms. The zero-order chi connectivity index (χ0) is 24.8. The van der Waals surface area contributed by atoms with Crippen LogP contribution < -0.4 is 20.1 Å². The van der Waals surface area contributed by atoms with E-state index in [-0.39, 0.29) is 17.6 Å². The van der Waals surface area contributed by atoms with E-state index in [2.05, 4.69) is 16.7 Å². The topological polar surface area (TPSA) is 100 Å². The maximum atomic E-state index is 12.7. The van der Waals surface area contributed by atoms with Crippen LogP contribution in [0.25, 0.3) is 0 Å². The molecular formula is C26H25N3O4S2. The summed E-state index contributed by atoms with van der Waals surface area (Å²) in [6, 6.07) is 14.6. The van der Waals surface area contributed by atoms with E-state index in [1.54, 1.807) is 24.3 Å². The number of carbonyl (C=O) groups is 2. The van der Waals surface area contributed by atoms with Crippen LogP contribution in [-0.2, 0) is 17.6 Å². The minimum Gasteiger partial charge on any atom is -0.493 e. The second-order valence-corrected chi connectivity index (χ2v) is 10.1. The highest BCUT2D eigenvalue weighted by Crippen LogP contribution is 2.37. The lowest BCUT2D eigenvalue weighted by Crippen LogP contribution is -2.14. The van der Waals surface area contributed by atoms with Gasteiger partial charge in [-0.25, -0.2) is 0 Å². The standard InChI is InChI=1S/C26H25N3O4S2/c1-32-21-11-10-16(12-22(21)33-2)25(31)28-17-6-5-7-18(13-17)34-15-24(30)29-26-20(14-27)19-8-3-4-9-23(19)35-26/h5-7,10-13H,3-4,8-9,15H2,1-2H3,(H,28,31)(H,29,30). The number of amides is 2. The van der Waals surface area contributed by atoms with Crippen LogP contribution in [0.5, 0.6) is 11.5 Å². The average molecular weight is 508 g/mol. The molecule has 9 heteroatoms. The Morgan fingerprint density at radius 2 is 1.86 bits per heavy atom. The van der Waals surface area contributed by atoms with Gasteiger partial charge in [0.05, 0.1) is 25.5 Å². The molecular weight excluding hydrogens is 482 g/mol. The van der Waals surface area contributed by atoms with E-state index in [9.17, 15) is 14.9 Å². The number of thioether (sulfide) groups is 1. The Balaban J connectivity index is 1.37. The van der Waals surface area contributed by atoms with Crippen molar-refractivity contribution in [2.45, 2.75) is 30.6 Å². The summed E-state index contributed by atoms with van der Waals surface area (Å²) in [7, 11) is 3.06. The van der Waals surface area contributed by atoms with E-state index in [0.29, 0.717) is 33.3 Å². The molecule has 0 atom stereocenters. The van der Waals surface area contributed by atoms with Crippen molar-refractivity contribution >= 4 is 45.6 Å². The summed E-state index contributed by atoms with van der Waals surface area (Å²) in [6.45, 7) is 0. The number of hydrogen-bond acceptors (Lipinski definition) is 7. The van der Waals surface area contributed by atoms with Gasteiger partial charge in [0.25, 0.3) is 5.91 Å². The maximum Gasteiger partial charge on any atom is 0.255 e. The number of ether oxygens (including phenoxy) is 2. The van der Waals surface area contributed by atoms with Gasteiger partial charge in [-0.05, 0) is 67.6 Å². The van der Waals surface area contributed by atoms with Gasteiger partial charge >= 0.3 is 0 Å². The predicted molar refractivity (Wildman–Crippen MR) is 139 cm³/mol. The van der Waals surface area contributed by atoms with E-state index < -0.39 is 0 Å². The van der Waals surface area contributed by atoms with E-state index >= 15 is 0 Å². The van der Waals surface area contributed by atoms with Crippen LogP contribution in [0, 0.1) is 11.3 Å². The first-order valence-corrected chi connectivity index (χ1v) is 12.9. The first-order valence-electron chi connectivity index (χ1n) is 11.1. The number of hydrogen-bond donors (Lipinski definition) is 2. The second kappa shape index (κ2) is 11.3. The fourth-order valence-corrected chi connectivity index (χ4v) is 5.94. The fourth-order valence-electron chi connectivity index (χ4n) is 3.93. The number of benzene rings is 2. The third-order valence-corrected chi connectivity index (χ3v) is 7.84. The van der Waals surface area contributed by atoms with Gasteiger partial charge in [0.2, 0.25) is 5.91 Å². The molecule has 0 aliphatic heterocycles. The molecule has 1 aliphatic carbocycles. The molecule has 1 heterocycles. The molecule has 0 saturated carbocycles. The summed E-state index contributed by atoms with van der Waals surface area (Å²) in [6.07, 6.45) is 4.09. The van der Waals surface area contributed by atoms with Crippen LogP contribution in [0.3, 0.4) is 0 Å². The summed E-state index contributed by atoms with van der Waals surface area (Å²) >= 11 is 2.89. The van der Waals surface area contributed by atoms with E-state index in [4.69, 9.17) is 9.47 Å². The summed E-state index contributed by atoms with van der Waals surface area (Å²) < 4.78 is 10.5. The van der Waals surface area contributed by atoms with Crippen molar-refractivity contribution < 1.29 is 19.1 Å². The number of anilines is 2. The number of fused-ring (bicyclic) bond motifs is 1. The van der Waals surface area contributed by atoms with Crippen molar-refractivity contribution in [3.05, 3.63) is 64.0 Å². The Kier molecular flexibility index (Phi) is 7.95. The summed E-state index contributed by atoms with van der Waals surface area (Å²) in [4.78, 5) is 27.4. The molecule has 35 heavy (non-hydrogen) atoms. The van der Waals surface area contributed by atoms with Gasteiger partial charge in [-0.2, -0.15) is 5.26 Å². The van der Waals surface area contributed by atoms with Gasteiger partial charge in [-0.3, -0.25) is 9.59 Å². The van der Waals surface area contributed by atoms with Gasteiger partial charge in [-0.15, -0.1) is 23.1 Å². The predicted octanol–water partition coefficient (Wildman–Crippen LogP) is 5.50. The number of carbonyl (C=O) groups excluding carboxylic acids is 2. The third kappa shape index (κ3) is 5.78. The summed E-state index contributed by atoms with van der Waals surface area (Å²) in [5.41, 5.74) is 2.77. The first kappa shape index (κ1) is 24.6. The van der Waals surface area contributed by atoms with Crippen LogP contribution in [0.1, 0.15) is 39.2 Å². The van der Waals surface area contributed by atoms with E-state index in [1.807, 2.05) is 18.2 Å². The lowest BCUT2D eigenvalue weighted by Gasteiger charge is -2.11. The minimum atomic E-state index is -0.281. The van der Waals surface area contributed by atoms with Crippen molar-refractivity contribution in [2.24, 2.45) is 0 Å². The van der Waals surface area contributed by atoms with Gasteiger partial charge in [0, 0.05) is 21.0 Å². The number of rotatable bonds is 8. The number of methoxy groups -OCH3 is 2. The SMILES string of the molecule is COc1ccc(C(=O)Nc2cccc(SCC(=O)Nc3sc4c(c3C#N)CCCC4)c2)cc1OC. The average Bonchev–Trinajstić information content (AvgIpc) is 3.23. The second-order valence-electron chi connectivity index (χ2n) is 7.92. The van der Waals surface area contributed by atoms with Crippen LogP contribution in [0.15, 0.2) is 47.4 Å². The molecule has 1 aromatic heterocycles. The normalized spacial score (nSPS) is 12.3. The minimum absolute atomic E-state index is 0.162. The van der Waals surface area contributed by atoms with Crippen molar-refractivity contribution in [3.8, 4) is 17.6 Å². The molecule has 1 aliphatic rings. The fraction of sp³-hybridized carbons (Fsp3) is 0.269. The van der Waals surface area contributed by atoms with Crippen molar-refractivity contribution in [3.63, 3.8) is 0 Å². The summed E-state index contributed by atoms with van der Waals surface area (Å²) in [5, 5.41) is 16.0. The molecule has 2 amide bonds. The molecule has 4 rings (SSSR count). The van der Waals surface area contributed by atoms with E-state index in [0.717, 1.165) is 36.1 Å². The van der Waals surface area contributed by atoms with Crippen LogP contribution in [0.4, 0.5) is 10.7 Å². The lowest BCUT2D eigenvalue weighted by molar-refractivity contribution is -0.113. The lowest BCUT2D eigenvalue weighted by atomic mass is 9.96. The van der Waals surface area contributed by atoms with Gasteiger partial charge < -0.3 is 20.1 Å². The molecule has 0 radical (unpaired) electrons. The number of nitriles is 1. The molecule has 0 saturated heterocycles. The largest absolute Gasteiger partial charge is 0.493 e. The van der Waals surface area contributed by atoms with Crippen LogP contribution in [0.2, 0.25) is 0 Å². The van der Waals surface area contributed by atoms with Crippen LogP contribution >= 0.6 is 23.1 Å². The van der Waals surface area contributed by atoms with Crippen molar-refractivity contribution in [2.75, 3.05) is 30.6 Å². The molecule has 0 unspecified atom stereocenters. The number of nitrogens with zero attached hydrogens (tertiary/aromatic N) is 1. The Morgan fingerprint density at radius 1 is 1.06 bits per heavy atom. The molecule has 180 valence electrons. The van der Waals surface area contributed by atoms with Gasteiger partial charge in [-0.1, -0.05) is 6.07 Å². The highest BCUT2D eigenvalue weighted by Gasteiger charge is 2.21. The Hall–Kier alpha value is -3.48. The first-order chi connectivity index (χ1) is 17.0. The highest BCUT2D eigenvalue weighted by atomic mass is 32.2.